The van der Waals surface area contributed by atoms with Crippen molar-refractivity contribution in [2.75, 3.05) is 6.54 Å². The molecule has 0 aliphatic heterocycles. The molecule has 1 heterocycles. The van der Waals surface area contributed by atoms with E-state index < -0.39 is 0 Å². The van der Waals surface area contributed by atoms with Crippen LogP contribution in [0.25, 0.3) is 0 Å². The summed E-state index contributed by atoms with van der Waals surface area (Å²) in [6, 6.07) is 5.17. The quantitative estimate of drug-likeness (QED) is 0.834. The second kappa shape index (κ2) is 5.83. The summed E-state index contributed by atoms with van der Waals surface area (Å²) in [7, 11) is 0. The van der Waals surface area contributed by atoms with E-state index in [2.05, 4.69) is 36.7 Å². The maximum atomic E-state index is 3.75. The van der Waals surface area contributed by atoms with E-state index in [9.17, 15) is 0 Å². The van der Waals surface area contributed by atoms with E-state index in [4.69, 9.17) is 0 Å². The van der Waals surface area contributed by atoms with Crippen LogP contribution >= 0.6 is 11.3 Å². The predicted octanol–water partition coefficient (Wildman–Crippen LogP) is 4.02. The highest BCUT2D eigenvalue weighted by Gasteiger charge is 2.19. The molecule has 0 aromatic carbocycles. The van der Waals surface area contributed by atoms with Crippen LogP contribution < -0.4 is 5.32 Å². The minimum atomic E-state index is 0.664. The Bertz CT molecular complexity index is 294. The molecule has 0 spiro atoms. The molecule has 1 nitrogen and oxygen atoms in total. The summed E-state index contributed by atoms with van der Waals surface area (Å²) < 4.78 is 0. The van der Waals surface area contributed by atoms with Crippen molar-refractivity contribution in [3.05, 3.63) is 22.4 Å². The third-order valence-electron chi connectivity index (χ3n) is 3.68. The summed E-state index contributed by atoms with van der Waals surface area (Å²) >= 11 is 1.88. The van der Waals surface area contributed by atoms with Crippen LogP contribution in [-0.2, 0) is 0 Å². The molecular formula is C14H23NS. The standard InChI is InChI=1S/C14H23NS/c1-11-5-3-6-13(9-11)15-10-12(2)14-7-4-8-16-14/h4,7-8,11-13,15H,3,5-6,9-10H2,1-2H3. The molecule has 0 bridgehead atoms. The van der Waals surface area contributed by atoms with Crippen LogP contribution in [0, 0.1) is 5.92 Å². The first kappa shape index (κ1) is 12.1. The molecule has 0 radical (unpaired) electrons. The summed E-state index contributed by atoms with van der Waals surface area (Å²) in [6.45, 7) is 5.85. The number of thiophene rings is 1. The smallest absolute Gasteiger partial charge is 0.00860 e. The van der Waals surface area contributed by atoms with Gasteiger partial charge in [-0.1, -0.05) is 32.8 Å². The van der Waals surface area contributed by atoms with Crippen molar-refractivity contribution < 1.29 is 0 Å². The molecule has 1 saturated carbocycles. The summed E-state index contributed by atoms with van der Waals surface area (Å²) in [5.74, 6) is 1.58. The van der Waals surface area contributed by atoms with Crippen LogP contribution in [0.1, 0.15) is 50.3 Å². The molecule has 0 amide bonds. The fraction of sp³-hybridized carbons (Fsp3) is 0.714. The van der Waals surface area contributed by atoms with Gasteiger partial charge in [-0.2, -0.15) is 0 Å². The Labute approximate surface area is 103 Å². The van der Waals surface area contributed by atoms with Gasteiger partial charge in [0.25, 0.3) is 0 Å². The number of hydrogen-bond acceptors (Lipinski definition) is 2. The molecule has 1 aromatic rings. The van der Waals surface area contributed by atoms with E-state index in [-0.39, 0.29) is 0 Å². The molecule has 0 saturated heterocycles. The van der Waals surface area contributed by atoms with Gasteiger partial charge in [0, 0.05) is 23.4 Å². The maximum Gasteiger partial charge on any atom is 0.00860 e. The first-order chi connectivity index (χ1) is 7.75. The molecule has 3 unspecified atom stereocenters. The topological polar surface area (TPSA) is 12.0 Å². The zero-order chi connectivity index (χ0) is 11.4. The van der Waals surface area contributed by atoms with Gasteiger partial charge in [-0.25, -0.2) is 0 Å². The van der Waals surface area contributed by atoms with Crippen molar-refractivity contribution in [3.63, 3.8) is 0 Å². The molecule has 1 aliphatic rings. The van der Waals surface area contributed by atoms with Gasteiger partial charge in [0.1, 0.15) is 0 Å². The number of nitrogens with one attached hydrogen (secondary N) is 1. The Morgan fingerprint density at radius 2 is 2.38 bits per heavy atom. The molecule has 90 valence electrons. The summed E-state index contributed by atoms with van der Waals surface area (Å²) in [4.78, 5) is 1.51. The van der Waals surface area contributed by atoms with Crippen molar-refractivity contribution >= 4 is 11.3 Å². The van der Waals surface area contributed by atoms with Crippen LogP contribution in [0.5, 0.6) is 0 Å². The van der Waals surface area contributed by atoms with Crippen molar-refractivity contribution in [3.8, 4) is 0 Å². The average molecular weight is 237 g/mol. The molecule has 2 heteroatoms. The molecule has 2 rings (SSSR count). The second-order valence-electron chi connectivity index (χ2n) is 5.29. The maximum absolute atomic E-state index is 3.75. The summed E-state index contributed by atoms with van der Waals surface area (Å²) in [6.07, 6.45) is 5.59. The van der Waals surface area contributed by atoms with Gasteiger partial charge in [-0.05, 0) is 30.2 Å². The van der Waals surface area contributed by atoms with Gasteiger partial charge in [-0.15, -0.1) is 11.3 Å². The van der Waals surface area contributed by atoms with E-state index in [0.29, 0.717) is 5.92 Å². The van der Waals surface area contributed by atoms with Gasteiger partial charge < -0.3 is 5.32 Å². The van der Waals surface area contributed by atoms with Crippen LogP contribution in [0.15, 0.2) is 17.5 Å². The highest BCUT2D eigenvalue weighted by atomic mass is 32.1. The zero-order valence-corrected chi connectivity index (χ0v) is 11.2. The van der Waals surface area contributed by atoms with E-state index in [1.807, 2.05) is 11.3 Å². The van der Waals surface area contributed by atoms with Crippen LogP contribution in [0.4, 0.5) is 0 Å². The molecule has 16 heavy (non-hydrogen) atoms. The molecule has 1 fully saturated rings. The van der Waals surface area contributed by atoms with Gasteiger partial charge in [-0.3, -0.25) is 0 Å². The molecule has 1 N–H and O–H groups in total. The fourth-order valence-corrected chi connectivity index (χ4v) is 3.42. The van der Waals surface area contributed by atoms with Crippen LogP contribution in [0.2, 0.25) is 0 Å². The number of rotatable bonds is 4. The zero-order valence-electron chi connectivity index (χ0n) is 10.4. The van der Waals surface area contributed by atoms with Gasteiger partial charge >= 0.3 is 0 Å². The SMILES string of the molecule is CC1CCCC(NCC(C)c2cccs2)C1. The van der Waals surface area contributed by atoms with Crippen molar-refractivity contribution in [2.24, 2.45) is 5.92 Å². The lowest BCUT2D eigenvalue weighted by Gasteiger charge is -2.28. The Kier molecular flexibility index (Phi) is 4.42. The van der Waals surface area contributed by atoms with Crippen molar-refractivity contribution in [1.29, 1.82) is 0 Å². The Morgan fingerprint density at radius 3 is 3.06 bits per heavy atom. The lowest BCUT2D eigenvalue weighted by atomic mass is 9.87. The van der Waals surface area contributed by atoms with E-state index in [0.717, 1.165) is 18.5 Å². The Balaban J connectivity index is 1.74. The molecule has 3 atom stereocenters. The largest absolute Gasteiger partial charge is 0.313 e. The highest BCUT2D eigenvalue weighted by Crippen LogP contribution is 2.25. The summed E-state index contributed by atoms with van der Waals surface area (Å²) in [5.41, 5.74) is 0. The fourth-order valence-electron chi connectivity index (χ4n) is 2.64. The first-order valence-electron chi connectivity index (χ1n) is 6.52. The third kappa shape index (κ3) is 3.33. The lowest BCUT2D eigenvalue weighted by Crippen LogP contribution is -2.35. The van der Waals surface area contributed by atoms with E-state index in [1.165, 1.54) is 30.6 Å². The first-order valence-corrected chi connectivity index (χ1v) is 7.40. The van der Waals surface area contributed by atoms with E-state index >= 15 is 0 Å². The Morgan fingerprint density at radius 1 is 1.50 bits per heavy atom. The highest BCUT2D eigenvalue weighted by molar-refractivity contribution is 7.10. The molecular weight excluding hydrogens is 214 g/mol. The minimum absolute atomic E-state index is 0.664. The Hall–Kier alpha value is -0.340. The van der Waals surface area contributed by atoms with Crippen LogP contribution in [0.3, 0.4) is 0 Å². The minimum Gasteiger partial charge on any atom is -0.313 e. The van der Waals surface area contributed by atoms with Gasteiger partial charge in [0.2, 0.25) is 0 Å². The molecule has 1 aliphatic carbocycles. The molecule has 1 aromatic heterocycles. The number of hydrogen-bond donors (Lipinski definition) is 1. The normalized spacial score (nSPS) is 27.9. The monoisotopic (exact) mass is 237 g/mol. The van der Waals surface area contributed by atoms with Crippen LogP contribution in [-0.4, -0.2) is 12.6 Å². The van der Waals surface area contributed by atoms with Crippen molar-refractivity contribution in [2.45, 2.75) is 51.5 Å². The van der Waals surface area contributed by atoms with E-state index in [1.54, 1.807) is 0 Å². The second-order valence-corrected chi connectivity index (χ2v) is 6.27. The van der Waals surface area contributed by atoms with Crippen molar-refractivity contribution in [1.82, 2.24) is 5.32 Å². The van der Waals surface area contributed by atoms with Gasteiger partial charge in [0.15, 0.2) is 0 Å². The summed E-state index contributed by atoms with van der Waals surface area (Å²) in [5, 5.41) is 5.92. The van der Waals surface area contributed by atoms with Gasteiger partial charge in [0.05, 0.1) is 0 Å². The average Bonchev–Trinajstić information content (AvgIpc) is 2.79. The lowest BCUT2D eigenvalue weighted by molar-refractivity contribution is 0.299. The third-order valence-corrected chi connectivity index (χ3v) is 4.78. The predicted molar refractivity (Wildman–Crippen MR) is 72.2 cm³/mol.